The van der Waals surface area contributed by atoms with Gasteiger partial charge in [0.05, 0.1) is 12.2 Å². The highest BCUT2D eigenvalue weighted by Gasteiger charge is 1.74. The molecule has 0 aromatic rings. The van der Waals surface area contributed by atoms with Gasteiger partial charge in [-0.15, -0.1) is 0 Å². The minimum Gasteiger partial charge on any atom is -0.189 e. The Kier molecular flexibility index (Phi) is 4.13. The third-order valence-electron chi connectivity index (χ3n) is 0.788. The van der Waals surface area contributed by atoms with Crippen LogP contribution in [0.1, 0.15) is 20.8 Å². The molecule has 0 aliphatic carbocycles. The van der Waals surface area contributed by atoms with E-state index in [1.807, 2.05) is 26.8 Å². The van der Waals surface area contributed by atoms with Crippen LogP contribution in [-0.4, -0.2) is 6.54 Å². The number of rotatable bonds is 2. The SMILES string of the molecule is CC=C(C)N=NCC. The molecule has 0 unspecified atom stereocenters. The lowest BCUT2D eigenvalue weighted by atomic mass is 10.5. The quantitative estimate of drug-likeness (QED) is 0.490. The highest BCUT2D eigenvalue weighted by atomic mass is 15.1. The zero-order valence-corrected chi connectivity index (χ0v) is 5.68. The number of hydrogen-bond acceptors (Lipinski definition) is 2. The van der Waals surface area contributed by atoms with E-state index in [4.69, 9.17) is 0 Å². The molecule has 0 fully saturated rings. The molecule has 0 radical (unpaired) electrons. The molecule has 0 aliphatic rings. The maximum Gasteiger partial charge on any atom is 0.0575 e. The van der Waals surface area contributed by atoms with Crippen LogP contribution >= 0.6 is 0 Å². The Balaban J connectivity index is 3.53. The van der Waals surface area contributed by atoms with Crippen LogP contribution in [-0.2, 0) is 0 Å². The van der Waals surface area contributed by atoms with Crippen LogP contribution < -0.4 is 0 Å². The molecule has 0 aliphatic heterocycles. The minimum absolute atomic E-state index is 0.769. The standard InChI is InChI=1S/C6H12N2/c1-4-6(3)8-7-5-2/h4H,5H2,1-3H3. The number of nitrogens with zero attached hydrogens (tertiary/aromatic N) is 2. The molecule has 0 heterocycles. The first-order valence-corrected chi connectivity index (χ1v) is 2.81. The first kappa shape index (κ1) is 7.34. The van der Waals surface area contributed by atoms with Crippen molar-refractivity contribution in [3.8, 4) is 0 Å². The molecule has 0 saturated heterocycles. The number of azo groups is 1. The van der Waals surface area contributed by atoms with Crippen LogP contribution in [0.2, 0.25) is 0 Å². The van der Waals surface area contributed by atoms with Gasteiger partial charge < -0.3 is 0 Å². The van der Waals surface area contributed by atoms with Crippen LogP contribution in [0.5, 0.6) is 0 Å². The van der Waals surface area contributed by atoms with Crippen molar-refractivity contribution in [2.45, 2.75) is 20.8 Å². The molecule has 0 spiro atoms. The van der Waals surface area contributed by atoms with E-state index in [9.17, 15) is 0 Å². The average molecular weight is 112 g/mol. The van der Waals surface area contributed by atoms with E-state index < -0.39 is 0 Å². The normalized spacial score (nSPS) is 13.1. The third-order valence-corrected chi connectivity index (χ3v) is 0.788. The van der Waals surface area contributed by atoms with E-state index in [0.717, 1.165) is 12.2 Å². The topological polar surface area (TPSA) is 24.7 Å². The zero-order valence-electron chi connectivity index (χ0n) is 5.68. The molecule has 0 aromatic carbocycles. The molecule has 46 valence electrons. The fourth-order valence-electron chi connectivity index (χ4n) is 0.240. The van der Waals surface area contributed by atoms with Crippen LogP contribution in [0.3, 0.4) is 0 Å². The highest BCUT2D eigenvalue weighted by Crippen LogP contribution is 1.92. The van der Waals surface area contributed by atoms with Crippen LogP contribution in [0, 0.1) is 0 Å². The molecule has 0 saturated carbocycles. The molecule has 0 atom stereocenters. The van der Waals surface area contributed by atoms with Gasteiger partial charge in [0.2, 0.25) is 0 Å². The van der Waals surface area contributed by atoms with Gasteiger partial charge in [0, 0.05) is 0 Å². The Morgan fingerprint density at radius 3 is 2.62 bits per heavy atom. The van der Waals surface area contributed by atoms with Crippen molar-refractivity contribution in [3.05, 3.63) is 11.8 Å². The van der Waals surface area contributed by atoms with Crippen molar-refractivity contribution < 1.29 is 0 Å². The predicted octanol–water partition coefficient (Wildman–Crippen LogP) is 2.38. The van der Waals surface area contributed by atoms with E-state index in [0.29, 0.717) is 0 Å². The number of hydrogen-bond donors (Lipinski definition) is 0. The molecule has 2 nitrogen and oxygen atoms in total. The second-order valence-electron chi connectivity index (χ2n) is 1.49. The summed E-state index contributed by atoms with van der Waals surface area (Å²) in [5, 5.41) is 7.65. The van der Waals surface area contributed by atoms with Gasteiger partial charge in [0.15, 0.2) is 0 Å². The highest BCUT2D eigenvalue weighted by molar-refractivity contribution is 4.90. The van der Waals surface area contributed by atoms with Crippen LogP contribution in [0.25, 0.3) is 0 Å². The van der Waals surface area contributed by atoms with Gasteiger partial charge in [-0.25, -0.2) is 0 Å². The lowest BCUT2D eigenvalue weighted by molar-refractivity contribution is 0.965. The summed E-state index contributed by atoms with van der Waals surface area (Å²) in [6.07, 6.45) is 1.93. The van der Waals surface area contributed by atoms with E-state index in [-0.39, 0.29) is 0 Å². The molecule has 0 aromatic heterocycles. The summed E-state index contributed by atoms with van der Waals surface area (Å²) >= 11 is 0. The van der Waals surface area contributed by atoms with E-state index in [1.165, 1.54) is 0 Å². The first-order chi connectivity index (χ1) is 3.81. The zero-order chi connectivity index (χ0) is 6.41. The van der Waals surface area contributed by atoms with Gasteiger partial charge in [-0.2, -0.15) is 10.2 Å². The van der Waals surface area contributed by atoms with Crippen molar-refractivity contribution in [1.29, 1.82) is 0 Å². The molecular weight excluding hydrogens is 100 g/mol. The summed E-state index contributed by atoms with van der Waals surface area (Å²) in [5.41, 5.74) is 0.979. The van der Waals surface area contributed by atoms with E-state index >= 15 is 0 Å². The summed E-state index contributed by atoms with van der Waals surface area (Å²) in [4.78, 5) is 0. The molecule has 2 heteroatoms. The second-order valence-corrected chi connectivity index (χ2v) is 1.49. The maximum atomic E-state index is 3.85. The van der Waals surface area contributed by atoms with Gasteiger partial charge >= 0.3 is 0 Å². The monoisotopic (exact) mass is 112 g/mol. The summed E-state index contributed by atoms with van der Waals surface area (Å²) in [6, 6.07) is 0. The minimum atomic E-state index is 0.769. The van der Waals surface area contributed by atoms with Crippen LogP contribution in [0.15, 0.2) is 22.0 Å². The second kappa shape index (κ2) is 4.50. The Morgan fingerprint density at radius 2 is 2.25 bits per heavy atom. The van der Waals surface area contributed by atoms with Gasteiger partial charge in [0.1, 0.15) is 0 Å². The Morgan fingerprint density at radius 1 is 1.62 bits per heavy atom. The summed E-state index contributed by atoms with van der Waals surface area (Å²) in [7, 11) is 0. The molecule has 0 N–H and O–H groups in total. The van der Waals surface area contributed by atoms with Crippen molar-refractivity contribution in [2.75, 3.05) is 6.54 Å². The van der Waals surface area contributed by atoms with Crippen molar-refractivity contribution >= 4 is 0 Å². The number of allylic oxidation sites excluding steroid dienone is 2. The molecule has 0 amide bonds. The van der Waals surface area contributed by atoms with Crippen molar-refractivity contribution in [1.82, 2.24) is 0 Å². The molecule has 0 rings (SSSR count). The fourth-order valence-corrected chi connectivity index (χ4v) is 0.240. The lowest BCUT2D eigenvalue weighted by Crippen LogP contribution is -1.66. The lowest BCUT2D eigenvalue weighted by Gasteiger charge is -1.83. The smallest absolute Gasteiger partial charge is 0.0575 e. The fraction of sp³-hybridized carbons (Fsp3) is 0.667. The van der Waals surface area contributed by atoms with Gasteiger partial charge in [-0.1, -0.05) is 6.08 Å². The summed E-state index contributed by atoms with van der Waals surface area (Å²) < 4.78 is 0. The third kappa shape index (κ3) is 3.53. The van der Waals surface area contributed by atoms with Crippen molar-refractivity contribution in [3.63, 3.8) is 0 Å². The summed E-state index contributed by atoms with van der Waals surface area (Å²) in [6.45, 7) is 6.61. The summed E-state index contributed by atoms with van der Waals surface area (Å²) in [5.74, 6) is 0. The van der Waals surface area contributed by atoms with E-state index in [2.05, 4.69) is 10.2 Å². The maximum absolute atomic E-state index is 3.85. The molecule has 0 bridgehead atoms. The van der Waals surface area contributed by atoms with Gasteiger partial charge in [-0.3, -0.25) is 0 Å². The van der Waals surface area contributed by atoms with Crippen molar-refractivity contribution in [2.24, 2.45) is 10.2 Å². The van der Waals surface area contributed by atoms with Gasteiger partial charge in [0.25, 0.3) is 0 Å². The Labute approximate surface area is 50.3 Å². The largest absolute Gasteiger partial charge is 0.189 e. The first-order valence-electron chi connectivity index (χ1n) is 2.81. The van der Waals surface area contributed by atoms with Gasteiger partial charge in [-0.05, 0) is 20.8 Å². The average Bonchev–Trinajstić information content (AvgIpc) is 1.83. The Hall–Kier alpha value is -0.660. The van der Waals surface area contributed by atoms with E-state index in [1.54, 1.807) is 0 Å². The Bertz CT molecular complexity index is 103. The molecule has 8 heavy (non-hydrogen) atoms. The molecular formula is C6H12N2. The predicted molar refractivity (Wildman–Crippen MR) is 34.8 cm³/mol. The van der Waals surface area contributed by atoms with Crippen LogP contribution in [0.4, 0.5) is 0 Å².